The second-order valence-electron chi connectivity index (χ2n) is 5.49. The summed E-state index contributed by atoms with van der Waals surface area (Å²) in [5, 5.41) is 0.471. The largest absolute Gasteiger partial charge is 0.274 e. The van der Waals surface area contributed by atoms with Crippen molar-refractivity contribution in [2.45, 2.75) is 19.8 Å². The Hall–Kier alpha value is -2.20. The first-order chi connectivity index (χ1) is 10.5. The lowest BCUT2D eigenvalue weighted by Gasteiger charge is -2.14. The molecule has 1 aromatic heterocycles. The minimum atomic E-state index is -0.326. The van der Waals surface area contributed by atoms with E-state index in [1.807, 2.05) is 31.2 Å². The molecule has 5 heteroatoms. The van der Waals surface area contributed by atoms with Gasteiger partial charge in [0.25, 0.3) is 0 Å². The van der Waals surface area contributed by atoms with Crippen LogP contribution in [0.4, 0.5) is 5.82 Å². The van der Waals surface area contributed by atoms with Gasteiger partial charge in [-0.2, -0.15) is 0 Å². The number of nitrogens with zero attached hydrogens (tertiary/aromatic N) is 2. The Balaban J connectivity index is 1.79. The molecule has 0 bridgehead atoms. The molecule has 112 valence electrons. The minimum absolute atomic E-state index is 0.194. The van der Waals surface area contributed by atoms with Crippen LogP contribution in [0.3, 0.4) is 0 Å². The number of imide groups is 1. The number of halogens is 1. The number of carbonyl (C=O) groups is 2. The highest BCUT2D eigenvalue weighted by molar-refractivity contribution is 6.30. The first-order valence-corrected chi connectivity index (χ1v) is 7.46. The maximum Gasteiger partial charge on any atom is 0.238 e. The Bertz CT molecular complexity index is 710. The highest BCUT2D eigenvalue weighted by atomic mass is 35.5. The number of hydrogen-bond acceptors (Lipinski definition) is 3. The van der Waals surface area contributed by atoms with E-state index < -0.39 is 0 Å². The number of anilines is 1. The molecule has 4 nitrogen and oxygen atoms in total. The Morgan fingerprint density at radius 3 is 2.55 bits per heavy atom. The van der Waals surface area contributed by atoms with Gasteiger partial charge in [0, 0.05) is 12.6 Å². The van der Waals surface area contributed by atoms with Crippen molar-refractivity contribution in [3.05, 3.63) is 58.7 Å². The van der Waals surface area contributed by atoms with Crippen molar-refractivity contribution < 1.29 is 9.59 Å². The van der Waals surface area contributed by atoms with Gasteiger partial charge in [-0.25, -0.2) is 9.88 Å². The second kappa shape index (κ2) is 5.89. The van der Waals surface area contributed by atoms with E-state index in [0.29, 0.717) is 17.3 Å². The molecule has 0 unspecified atom stereocenters. The molecule has 0 aliphatic carbocycles. The monoisotopic (exact) mass is 314 g/mol. The number of benzene rings is 1. The van der Waals surface area contributed by atoms with Crippen LogP contribution >= 0.6 is 11.6 Å². The van der Waals surface area contributed by atoms with Gasteiger partial charge in [0.1, 0.15) is 5.82 Å². The number of carbonyl (C=O) groups excluding carboxylic acids is 2. The van der Waals surface area contributed by atoms with Gasteiger partial charge in [-0.3, -0.25) is 9.59 Å². The van der Waals surface area contributed by atoms with Crippen LogP contribution < -0.4 is 4.90 Å². The van der Waals surface area contributed by atoms with Gasteiger partial charge < -0.3 is 0 Å². The topological polar surface area (TPSA) is 50.3 Å². The van der Waals surface area contributed by atoms with Crippen LogP contribution in [0.25, 0.3) is 0 Å². The van der Waals surface area contributed by atoms with E-state index in [2.05, 4.69) is 4.98 Å². The molecule has 22 heavy (non-hydrogen) atoms. The molecule has 3 rings (SSSR count). The first-order valence-electron chi connectivity index (χ1n) is 7.08. The number of rotatable bonds is 3. The standard InChI is InChI=1S/C17H15ClN2O2/c1-11-2-4-12(5-3-11)8-13-9-16(21)20(17(13)22)15-7-6-14(18)10-19-15/h2-7,10,13H,8-9H2,1H3/t13-/m1/s1. The van der Waals surface area contributed by atoms with Crippen LogP contribution in [0, 0.1) is 12.8 Å². The minimum Gasteiger partial charge on any atom is -0.274 e. The summed E-state index contributed by atoms with van der Waals surface area (Å²) in [6.45, 7) is 2.02. The average molecular weight is 315 g/mol. The molecule has 1 aromatic carbocycles. The number of aromatic nitrogens is 1. The first kappa shape index (κ1) is 14.7. The summed E-state index contributed by atoms with van der Waals surface area (Å²) >= 11 is 5.79. The lowest BCUT2D eigenvalue weighted by Crippen LogP contribution is -2.31. The zero-order valence-electron chi connectivity index (χ0n) is 12.1. The third kappa shape index (κ3) is 2.88. The molecule has 1 aliphatic rings. The molecule has 1 atom stereocenters. The molecule has 2 aromatic rings. The van der Waals surface area contributed by atoms with E-state index in [4.69, 9.17) is 11.6 Å². The summed E-state index contributed by atoms with van der Waals surface area (Å²) in [5.74, 6) is -0.393. The number of amides is 2. The molecule has 1 fully saturated rings. The summed E-state index contributed by atoms with van der Waals surface area (Å²) in [7, 11) is 0. The summed E-state index contributed by atoms with van der Waals surface area (Å²) in [6.07, 6.45) is 2.22. The number of aryl methyl sites for hydroxylation is 1. The van der Waals surface area contributed by atoms with Crippen LogP contribution in [0.2, 0.25) is 5.02 Å². The Morgan fingerprint density at radius 1 is 1.18 bits per heavy atom. The maximum atomic E-state index is 12.5. The van der Waals surface area contributed by atoms with Gasteiger partial charge in [0.2, 0.25) is 11.8 Å². The van der Waals surface area contributed by atoms with Gasteiger partial charge in [0.15, 0.2) is 0 Å². The lowest BCUT2D eigenvalue weighted by molar-refractivity contribution is -0.122. The summed E-state index contributed by atoms with van der Waals surface area (Å²) in [6, 6.07) is 11.2. The van der Waals surface area contributed by atoms with Crippen LogP contribution in [0.1, 0.15) is 17.5 Å². The van der Waals surface area contributed by atoms with Crippen LogP contribution in [0.5, 0.6) is 0 Å². The van der Waals surface area contributed by atoms with Crippen LogP contribution in [0.15, 0.2) is 42.6 Å². The zero-order chi connectivity index (χ0) is 15.7. The summed E-state index contributed by atoms with van der Waals surface area (Å²) < 4.78 is 0. The van der Waals surface area contributed by atoms with Crippen molar-refractivity contribution in [3.8, 4) is 0 Å². The van der Waals surface area contributed by atoms with Gasteiger partial charge in [-0.05, 0) is 31.0 Å². The fourth-order valence-corrected chi connectivity index (χ4v) is 2.72. The van der Waals surface area contributed by atoms with Gasteiger partial charge in [-0.15, -0.1) is 0 Å². The summed E-state index contributed by atoms with van der Waals surface area (Å²) in [5.41, 5.74) is 2.23. The molecule has 2 amide bonds. The van der Waals surface area contributed by atoms with E-state index in [0.717, 1.165) is 10.5 Å². The van der Waals surface area contributed by atoms with E-state index in [-0.39, 0.29) is 24.2 Å². The molecular weight excluding hydrogens is 300 g/mol. The average Bonchev–Trinajstić information content (AvgIpc) is 2.77. The number of pyridine rings is 1. The maximum absolute atomic E-state index is 12.5. The molecular formula is C17H15ClN2O2. The Kier molecular flexibility index (Phi) is 3.94. The molecule has 1 saturated heterocycles. The highest BCUT2D eigenvalue weighted by Crippen LogP contribution is 2.28. The van der Waals surface area contributed by atoms with Crippen molar-refractivity contribution in [2.75, 3.05) is 4.90 Å². The van der Waals surface area contributed by atoms with Gasteiger partial charge in [-0.1, -0.05) is 41.4 Å². The van der Waals surface area contributed by atoms with Crippen molar-refractivity contribution in [1.29, 1.82) is 0 Å². The number of hydrogen-bond donors (Lipinski definition) is 0. The predicted molar refractivity (Wildman–Crippen MR) is 84.7 cm³/mol. The molecule has 2 heterocycles. The molecule has 1 aliphatic heterocycles. The second-order valence-corrected chi connectivity index (χ2v) is 5.93. The fraction of sp³-hybridized carbons (Fsp3) is 0.235. The van der Waals surface area contributed by atoms with E-state index >= 15 is 0 Å². The third-order valence-corrected chi connectivity index (χ3v) is 4.01. The Labute approximate surface area is 133 Å². The van der Waals surface area contributed by atoms with Crippen molar-refractivity contribution in [1.82, 2.24) is 4.98 Å². The van der Waals surface area contributed by atoms with Crippen molar-refractivity contribution in [3.63, 3.8) is 0 Å². The SMILES string of the molecule is Cc1ccc(C[C@@H]2CC(=O)N(c3ccc(Cl)cn3)C2=O)cc1. The third-order valence-electron chi connectivity index (χ3n) is 3.78. The quantitative estimate of drug-likeness (QED) is 0.818. The molecule has 0 spiro atoms. The fourth-order valence-electron chi connectivity index (χ4n) is 2.60. The van der Waals surface area contributed by atoms with Gasteiger partial charge in [0.05, 0.1) is 10.9 Å². The zero-order valence-corrected chi connectivity index (χ0v) is 12.9. The highest BCUT2D eigenvalue weighted by Gasteiger charge is 2.39. The van der Waals surface area contributed by atoms with Gasteiger partial charge >= 0.3 is 0 Å². The van der Waals surface area contributed by atoms with Crippen LogP contribution in [-0.4, -0.2) is 16.8 Å². The smallest absolute Gasteiger partial charge is 0.238 e. The molecule has 0 N–H and O–H groups in total. The molecule has 0 saturated carbocycles. The van der Waals surface area contributed by atoms with E-state index in [9.17, 15) is 9.59 Å². The summed E-state index contributed by atoms with van der Waals surface area (Å²) in [4.78, 5) is 29.9. The van der Waals surface area contributed by atoms with E-state index in [1.54, 1.807) is 12.1 Å². The molecule has 0 radical (unpaired) electrons. The van der Waals surface area contributed by atoms with Crippen molar-refractivity contribution in [2.24, 2.45) is 5.92 Å². The Morgan fingerprint density at radius 2 is 1.91 bits per heavy atom. The normalized spacial score (nSPS) is 18.1. The predicted octanol–water partition coefficient (Wildman–Crippen LogP) is 3.17. The van der Waals surface area contributed by atoms with E-state index in [1.165, 1.54) is 11.8 Å². The van der Waals surface area contributed by atoms with Crippen molar-refractivity contribution >= 4 is 29.2 Å². The van der Waals surface area contributed by atoms with Crippen LogP contribution in [-0.2, 0) is 16.0 Å². The lowest BCUT2D eigenvalue weighted by atomic mass is 9.97.